The summed E-state index contributed by atoms with van der Waals surface area (Å²) >= 11 is 0. The third-order valence-electron chi connectivity index (χ3n) is 20.0. The number of phosphoric acid groups is 2. The Balaban J connectivity index is 5.17. The molecule has 0 aliphatic heterocycles. The maximum Gasteiger partial charge on any atom is 0.472 e. The third kappa shape index (κ3) is 76.6. The van der Waals surface area contributed by atoms with Crippen molar-refractivity contribution in [3.05, 3.63) is 0 Å². The summed E-state index contributed by atoms with van der Waals surface area (Å²) in [6, 6.07) is 0. The predicted octanol–water partition coefficient (Wildman–Crippen LogP) is 25.3. The monoisotopic (exact) mass is 1510 g/mol. The zero-order valence-corrected chi connectivity index (χ0v) is 69.6. The van der Waals surface area contributed by atoms with E-state index in [1.807, 2.05) is 0 Å². The van der Waals surface area contributed by atoms with Crippen LogP contribution in [-0.4, -0.2) is 96.7 Å². The minimum atomic E-state index is -4.96. The molecule has 0 radical (unpaired) electrons. The molecule has 3 N–H and O–H groups in total. The van der Waals surface area contributed by atoms with Crippen LogP contribution in [0.4, 0.5) is 0 Å². The number of carbonyl (C=O) groups excluding carboxylic acids is 4. The van der Waals surface area contributed by atoms with Crippen LogP contribution >= 0.6 is 15.6 Å². The number of aliphatic hydroxyl groups excluding tert-OH is 1. The van der Waals surface area contributed by atoms with Gasteiger partial charge >= 0.3 is 39.5 Å². The van der Waals surface area contributed by atoms with Crippen molar-refractivity contribution in [1.82, 2.24) is 0 Å². The normalized spacial score (nSPS) is 14.2. The molecule has 0 rings (SSSR count). The zero-order chi connectivity index (χ0) is 75.8. The number of rotatable bonds is 82. The smallest absolute Gasteiger partial charge is 0.462 e. The largest absolute Gasteiger partial charge is 0.472 e. The molecule has 0 aromatic heterocycles. The topological polar surface area (TPSA) is 237 Å². The number of carbonyl (C=O) groups is 4. The minimum Gasteiger partial charge on any atom is -0.462 e. The Kier molecular flexibility index (Phi) is 72.8. The Bertz CT molecular complexity index is 1990. The summed E-state index contributed by atoms with van der Waals surface area (Å²) in [4.78, 5) is 73.0. The van der Waals surface area contributed by atoms with Crippen LogP contribution in [0, 0.1) is 17.8 Å². The second kappa shape index (κ2) is 74.2. The molecule has 0 aromatic rings. The summed E-state index contributed by atoms with van der Waals surface area (Å²) in [6.45, 7) is 11.9. The molecular weight excluding hydrogens is 1340 g/mol. The van der Waals surface area contributed by atoms with Crippen LogP contribution in [0.15, 0.2) is 0 Å². The van der Waals surface area contributed by atoms with E-state index in [2.05, 4.69) is 48.5 Å². The number of hydrogen-bond donors (Lipinski definition) is 3. The maximum absolute atomic E-state index is 13.1. The lowest BCUT2D eigenvalue weighted by atomic mass is 9.99. The van der Waals surface area contributed by atoms with Gasteiger partial charge in [-0.2, -0.15) is 0 Å². The van der Waals surface area contributed by atoms with E-state index in [4.69, 9.17) is 37.0 Å². The van der Waals surface area contributed by atoms with E-state index >= 15 is 0 Å². The van der Waals surface area contributed by atoms with Crippen LogP contribution in [0.25, 0.3) is 0 Å². The number of aliphatic hydroxyl groups is 1. The Hall–Kier alpha value is -1.94. The van der Waals surface area contributed by atoms with Gasteiger partial charge in [0.05, 0.1) is 26.4 Å². The third-order valence-corrected chi connectivity index (χ3v) is 21.9. The van der Waals surface area contributed by atoms with E-state index in [0.717, 1.165) is 102 Å². The summed E-state index contributed by atoms with van der Waals surface area (Å²) in [5, 5.41) is 10.6. The van der Waals surface area contributed by atoms with Crippen molar-refractivity contribution >= 4 is 39.5 Å². The van der Waals surface area contributed by atoms with Crippen LogP contribution < -0.4 is 0 Å². The van der Waals surface area contributed by atoms with Crippen LogP contribution in [0.1, 0.15) is 440 Å². The molecule has 6 atom stereocenters. The first kappa shape index (κ1) is 101. The van der Waals surface area contributed by atoms with Gasteiger partial charge in [-0.1, -0.05) is 389 Å². The molecule has 0 bridgehead atoms. The fourth-order valence-corrected chi connectivity index (χ4v) is 14.6. The first-order valence-electron chi connectivity index (χ1n) is 43.4. The van der Waals surface area contributed by atoms with Crippen molar-refractivity contribution in [2.24, 2.45) is 17.8 Å². The molecule has 0 saturated heterocycles. The summed E-state index contributed by atoms with van der Waals surface area (Å²) in [5.74, 6) is 0.158. The number of hydrogen-bond acceptors (Lipinski definition) is 15. The van der Waals surface area contributed by atoms with Gasteiger partial charge in [0.25, 0.3) is 0 Å². The molecule has 0 aliphatic rings. The van der Waals surface area contributed by atoms with Crippen LogP contribution in [0.2, 0.25) is 0 Å². The van der Waals surface area contributed by atoms with E-state index in [1.165, 1.54) is 244 Å². The molecule has 0 amide bonds. The Morgan fingerprint density at radius 3 is 0.738 bits per heavy atom. The molecule has 103 heavy (non-hydrogen) atoms. The SMILES string of the molecule is CCCCCCCCCCCCCCCCCCCCCCCC(=O)OC[C@H](COP(=O)(O)OC[C@@H](O)COP(=O)(O)OC[C@@H](COC(=O)CCCCCCCCCC(C)C)OC(=O)CCCCCCCCCC(C)C)OC(=O)CCCCCCCCCCCCCCCCCCCCC(C)CC. The van der Waals surface area contributed by atoms with Crippen LogP contribution in [0.3, 0.4) is 0 Å². The van der Waals surface area contributed by atoms with Crippen molar-refractivity contribution in [2.75, 3.05) is 39.6 Å². The highest BCUT2D eigenvalue weighted by Crippen LogP contribution is 2.45. The van der Waals surface area contributed by atoms with Gasteiger partial charge in [0.15, 0.2) is 12.2 Å². The average Bonchev–Trinajstić information content (AvgIpc) is 0.910. The first-order valence-corrected chi connectivity index (χ1v) is 46.4. The average molecular weight is 1510 g/mol. The van der Waals surface area contributed by atoms with Crippen LogP contribution in [-0.2, 0) is 65.4 Å². The molecule has 17 nitrogen and oxygen atoms in total. The lowest BCUT2D eigenvalue weighted by Gasteiger charge is -2.21. The van der Waals surface area contributed by atoms with Gasteiger partial charge in [-0.15, -0.1) is 0 Å². The van der Waals surface area contributed by atoms with Gasteiger partial charge < -0.3 is 33.8 Å². The molecule has 0 aliphatic carbocycles. The molecule has 0 fully saturated rings. The Morgan fingerprint density at radius 2 is 0.495 bits per heavy atom. The lowest BCUT2D eigenvalue weighted by molar-refractivity contribution is -0.161. The molecular formula is C84H164O17P2. The molecule has 612 valence electrons. The van der Waals surface area contributed by atoms with Gasteiger partial charge in [0.2, 0.25) is 0 Å². The molecule has 0 spiro atoms. The zero-order valence-electron chi connectivity index (χ0n) is 67.8. The summed E-state index contributed by atoms with van der Waals surface area (Å²) in [7, 11) is -9.92. The number of esters is 4. The van der Waals surface area contributed by atoms with Gasteiger partial charge in [-0.05, 0) is 43.4 Å². The summed E-state index contributed by atoms with van der Waals surface area (Å²) in [5.41, 5.74) is 0. The first-order chi connectivity index (χ1) is 49.8. The fraction of sp³-hybridized carbons (Fsp3) is 0.952. The van der Waals surface area contributed by atoms with E-state index in [9.17, 15) is 43.2 Å². The second-order valence-electron chi connectivity index (χ2n) is 31.4. The van der Waals surface area contributed by atoms with Crippen molar-refractivity contribution in [3.63, 3.8) is 0 Å². The van der Waals surface area contributed by atoms with Crippen molar-refractivity contribution < 1.29 is 80.2 Å². The molecule has 3 unspecified atom stereocenters. The highest BCUT2D eigenvalue weighted by molar-refractivity contribution is 7.47. The van der Waals surface area contributed by atoms with E-state index in [0.29, 0.717) is 37.5 Å². The van der Waals surface area contributed by atoms with Gasteiger partial charge in [0.1, 0.15) is 19.3 Å². The molecule has 0 aromatic carbocycles. The molecule has 0 saturated carbocycles. The summed E-state index contributed by atoms with van der Waals surface area (Å²) in [6.07, 6.45) is 64.3. The fourth-order valence-electron chi connectivity index (χ4n) is 13.0. The highest BCUT2D eigenvalue weighted by Gasteiger charge is 2.30. The highest BCUT2D eigenvalue weighted by atomic mass is 31.2. The second-order valence-corrected chi connectivity index (χ2v) is 34.3. The van der Waals surface area contributed by atoms with Gasteiger partial charge in [0, 0.05) is 25.7 Å². The number of unbranched alkanes of at least 4 members (excludes halogenated alkanes) is 49. The standard InChI is InChI=1S/C84H164O17P2/c1-8-10-11-12-13-14-15-16-17-18-19-20-21-25-28-31-34-37-44-51-58-65-81(86)94-71-79(100-83(88)67-60-53-45-38-35-32-29-26-23-22-24-27-30-33-36-43-50-57-64-77(7)9-2)73-98-102(90,91)96-69-78(85)70-97-103(92,93)99-74-80(101-84(89)68-61-54-47-40-42-49-56-63-76(5)6)72-95-82(87)66-59-52-46-39-41-48-55-62-75(3)4/h75-80,85H,8-74H2,1-7H3,(H,90,91)(H,92,93)/t77?,78-,79-,80-/m1/s1. The van der Waals surface area contributed by atoms with Crippen molar-refractivity contribution in [3.8, 4) is 0 Å². The van der Waals surface area contributed by atoms with E-state index in [1.54, 1.807) is 0 Å². The van der Waals surface area contributed by atoms with Gasteiger partial charge in [-0.3, -0.25) is 37.3 Å². The van der Waals surface area contributed by atoms with E-state index in [-0.39, 0.29) is 25.7 Å². The van der Waals surface area contributed by atoms with Gasteiger partial charge in [-0.25, -0.2) is 9.13 Å². The minimum absolute atomic E-state index is 0.103. The van der Waals surface area contributed by atoms with Crippen molar-refractivity contribution in [2.45, 2.75) is 458 Å². The summed E-state index contributed by atoms with van der Waals surface area (Å²) < 4.78 is 68.7. The quantitative estimate of drug-likeness (QED) is 0.0222. The van der Waals surface area contributed by atoms with E-state index < -0.39 is 97.5 Å². The Labute approximate surface area is 632 Å². The maximum atomic E-state index is 13.1. The van der Waals surface area contributed by atoms with Crippen molar-refractivity contribution in [1.29, 1.82) is 0 Å². The number of phosphoric ester groups is 2. The Morgan fingerprint density at radius 1 is 0.282 bits per heavy atom. The predicted molar refractivity (Wildman–Crippen MR) is 423 cm³/mol. The lowest BCUT2D eigenvalue weighted by Crippen LogP contribution is -2.30. The molecule has 0 heterocycles. The number of ether oxygens (including phenoxy) is 4. The van der Waals surface area contributed by atoms with Crippen LogP contribution in [0.5, 0.6) is 0 Å². The molecule has 19 heteroatoms.